The van der Waals surface area contributed by atoms with E-state index >= 15 is 0 Å². The third-order valence-electron chi connectivity index (χ3n) is 4.96. The lowest BCUT2D eigenvalue weighted by Gasteiger charge is -2.15. The van der Waals surface area contributed by atoms with Crippen LogP contribution in [0.3, 0.4) is 0 Å². The average Bonchev–Trinajstić information content (AvgIpc) is 3.31. The number of nitrogens with zero attached hydrogens (tertiary/aromatic N) is 3. The largest absolute Gasteiger partial charge is 0.352 e. The fraction of sp³-hybridized carbons (Fsp3) is 0.333. The van der Waals surface area contributed by atoms with Crippen LogP contribution in [0.1, 0.15) is 60.0 Å². The van der Waals surface area contributed by atoms with E-state index in [-0.39, 0.29) is 29.6 Å². The topological polar surface area (TPSA) is 98.0 Å². The van der Waals surface area contributed by atoms with Crippen LogP contribution in [0.2, 0.25) is 0 Å². The third-order valence-corrected chi connectivity index (χ3v) is 4.96. The number of carbonyl (C=O) groups is 2. The molecule has 168 valence electrons. The summed E-state index contributed by atoms with van der Waals surface area (Å²) in [6, 6.07) is 9.40. The van der Waals surface area contributed by atoms with Crippen molar-refractivity contribution in [1.82, 2.24) is 25.0 Å². The van der Waals surface area contributed by atoms with Crippen molar-refractivity contribution in [3.8, 4) is 5.69 Å². The zero-order valence-corrected chi connectivity index (χ0v) is 18.8. The molecule has 0 aliphatic rings. The number of carbonyl (C=O) groups excluding carboxylic acids is 2. The zero-order valence-electron chi connectivity index (χ0n) is 18.8. The van der Waals surface area contributed by atoms with Crippen LogP contribution in [-0.4, -0.2) is 32.7 Å². The fourth-order valence-electron chi connectivity index (χ4n) is 3.08. The Kier molecular flexibility index (Phi) is 7.25. The molecule has 3 rings (SSSR count). The molecule has 2 amide bonds. The summed E-state index contributed by atoms with van der Waals surface area (Å²) in [7, 11) is 0. The van der Waals surface area contributed by atoms with Gasteiger partial charge in [0.15, 0.2) is 0 Å². The first-order valence-electron chi connectivity index (χ1n) is 10.7. The summed E-state index contributed by atoms with van der Waals surface area (Å²) in [6.07, 6.45) is 6.56. The first kappa shape index (κ1) is 23.0. The van der Waals surface area contributed by atoms with Gasteiger partial charge in [0.05, 0.1) is 5.69 Å². The summed E-state index contributed by atoms with van der Waals surface area (Å²) in [5.41, 5.74) is 1.13. The van der Waals surface area contributed by atoms with Gasteiger partial charge in [0.25, 0.3) is 11.8 Å². The summed E-state index contributed by atoms with van der Waals surface area (Å²) in [5.74, 6) is -0.738. The molecule has 0 fully saturated rings. The van der Waals surface area contributed by atoms with Crippen molar-refractivity contribution >= 4 is 11.8 Å². The quantitative estimate of drug-likeness (QED) is 0.568. The van der Waals surface area contributed by atoms with Gasteiger partial charge < -0.3 is 15.2 Å². The average molecular weight is 436 g/mol. The number of amides is 2. The van der Waals surface area contributed by atoms with Crippen molar-refractivity contribution in [1.29, 1.82) is 0 Å². The number of benzene rings is 1. The molecule has 0 spiro atoms. The van der Waals surface area contributed by atoms with Gasteiger partial charge in [-0.1, -0.05) is 26.0 Å². The first-order valence-corrected chi connectivity index (χ1v) is 10.7. The second kappa shape index (κ2) is 10.1. The molecule has 2 aromatic heterocycles. The molecule has 0 radical (unpaired) electrons. The Morgan fingerprint density at radius 2 is 1.59 bits per heavy atom. The predicted molar refractivity (Wildman–Crippen MR) is 123 cm³/mol. The standard InChI is InChI=1S/C24H29N5O3/c1-16(2)12-25-23(31)20-14-28(17(3)4)15-21(22(20)30)24(32)26-13-18-6-8-19(9-7-18)29-11-5-10-27-29/h5-11,14-17H,12-13H2,1-4H3,(H,25,31)(H,26,32). The van der Waals surface area contributed by atoms with Crippen molar-refractivity contribution < 1.29 is 9.59 Å². The lowest BCUT2D eigenvalue weighted by atomic mass is 10.1. The van der Waals surface area contributed by atoms with Crippen LogP contribution in [0.5, 0.6) is 0 Å². The monoisotopic (exact) mass is 435 g/mol. The van der Waals surface area contributed by atoms with Crippen LogP contribution in [0.15, 0.2) is 59.9 Å². The fourth-order valence-corrected chi connectivity index (χ4v) is 3.08. The van der Waals surface area contributed by atoms with E-state index in [2.05, 4.69) is 15.7 Å². The van der Waals surface area contributed by atoms with E-state index < -0.39 is 17.2 Å². The smallest absolute Gasteiger partial charge is 0.257 e. The number of nitrogens with one attached hydrogen (secondary N) is 2. The lowest BCUT2D eigenvalue weighted by Crippen LogP contribution is -2.36. The Morgan fingerprint density at radius 3 is 2.12 bits per heavy atom. The predicted octanol–water partition coefficient (Wildman–Crippen LogP) is 2.93. The minimum absolute atomic E-state index is 0.0198. The van der Waals surface area contributed by atoms with Crippen molar-refractivity contribution in [2.75, 3.05) is 6.54 Å². The van der Waals surface area contributed by atoms with Crippen molar-refractivity contribution in [3.63, 3.8) is 0 Å². The maximum absolute atomic E-state index is 12.9. The Labute approximate surface area is 187 Å². The van der Waals surface area contributed by atoms with Gasteiger partial charge in [-0.3, -0.25) is 14.4 Å². The van der Waals surface area contributed by atoms with Crippen LogP contribution in [0.4, 0.5) is 0 Å². The van der Waals surface area contributed by atoms with Gasteiger partial charge in [0.2, 0.25) is 5.43 Å². The Hall–Kier alpha value is -3.68. The van der Waals surface area contributed by atoms with Gasteiger partial charge in [-0.05, 0) is 43.5 Å². The van der Waals surface area contributed by atoms with Crippen LogP contribution < -0.4 is 16.1 Å². The summed E-state index contributed by atoms with van der Waals surface area (Å²) >= 11 is 0. The molecule has 2 N–H and O–H groups in total. The van der Waals surface area contributed by atoms with Gasteiger partial charge in [0.1, 0.15) is 11.1 Å². The molecule has 0 bridgehead atoms. The Bertz CT molecular complexity index is 1130. The highest BCUT2D eigenvalue weighted by Gasteiger charge is 2.20. The van der Waals surface area contributed by atoms with E-state index in [1.165, 1.54) is 12.4 Å². The summed E-state index contributed by atoms with van der Waals surface area (Å²) in [4.78, 5) is 38.3. The summed E-state index contributed by atoms with van der Waals surface area (Å²) in [6.45, 7) is 8.48. The molecule has 2 heterocycles. The van der Waals surface area contributed by atoms with E-state index in [9.17, 15) is 14.4 Å². The lowest BCUT2D eigenvalue weighted by molar-refractivity contribution is 0.0946. The van der Waals surface area contributed by atoms with Crippen molar-refractivity contribution in [3.05, 3.63) is 82.0 Å². The van der Waals surface area contributed by atoms with Crippen molar-refractivity contribution in [2.45, 2.75) is 40.3 Å². The second-order valence-corrected chi connectivity index (χ2v) is 8.36. The number of hydrogen-bond donors (Lipinski definition) is 2. The van der Waals surface area contributed by atoms with Gasteiger partial charge >= 0.3 is 0 Å². The number of rotatable bonds is 8. The molecule has 8 nitrogen and oxygen atoms in total. The maximum atomic E-state index is 12.9. The second-order valence-electron chi connectivity index (χ2n) is 8.36. The number of hydrogen-bond acceptors (Lipinski definition) is 4. The number of pyridine rings is 1. The van der Waals surface area contributed by atoms with Crippen molar-refractivity contribution in [2.24, 2.45) is 5.92 Å². The Balaban J connectivity index is 1.77. The SMILES string of the molecule is CC(C)CNC(=O)c1cn(C(C)C)cc(C(=O)NCc2ccc(-n3cccn3)cc2)c1=O. The zero-order chi connectivity index (χ0) is 23.3. The number of aromatic nitrogens is 3. The van der Waals surface area contributed by atoms with Crippen LogP contribution in [0.25, 0.3) is 5.69 Å². The maximum Gasteiger partial charge on any atom is 0.257 e. The Morgan fingerprint density at radius 1 is 0.969 bits per heavy atom. The molecule has 0 aliphatic heterocycles. The highest BCUT2D eigenvalue weighted by Crippen LogP contribution is 2.10. The van der Waals surface area contributed by atoms with E-state index in [1.807, 2.05) is 64.2 Å². The molecule has 0 saturated carbocycles. The summed E-state index contributed by atoms with van der Waals surface area (Å²) in [5, 5.41) is 9.73. The highest BCUT2D eigenvalue weighted by atomic mass is 16.2. The molecule has 32 heavy (non-hydrogen) atoms. The third kappa shape index (κ3) is 5.51. The van der Waals surface area contributed by atoms with Gasteiger partial charge in [0, 0.05) is 43.9 Å². The van der Waals surface area contributed by atoms with Crippen LogP contribution in [0, 0.1) is 5.92 Å². The minimum Gasteiger partial charge on any atom is -0.352 e. The summed E-state index contributed by atoms with van der Waals surface area (Å²) < 4.78 is 3.45. The molecule has 1 aromatic carbocycles. The van der Waals surface area contributed by atoms with E-state index in [1.54, 1.807) is 15.4 Å². The van der Waals surface area contributed by atoms with Gasteiger partial charge in [-0.2, -0.15) is 5.10 Å². The van der Waals surface area contributed by atoms with Crippen LogP contribution >= 0.6 is 0 Å². The molecule has 0 saturated heterocycles. The molecule has 0 aliphatic carbocycles. The molecule has 3 aromatic rings. The molecular weight excluding hydrogens is 406 g/mol. The normalized spacial score (nSPS) is 11.1. The molecular formula is C24H29N5O3. The van der Waals surface area contributed by atoms with E-state index in [0.29, 0.717) is 6.54 Å². The molecule has 0 atom stereocenters. The van der Waals surface area contributed by atoms with Gasteiger partial charge in [-0.25, -0.2) is 4.68 Å². The van der Waals surface area contributed by atoms with E-state index in [4.69, 9.17) is 0 Å². The molecule has 8 heteroatoms. The minimum atomic E-state index is -0.574. The van der Waals surface area contributed by atoms with Crippen LogP contribution in [-0.2, 0) is 6.54 Å². The van der Waals surface area contributed by atoms with E-state index in [0.717, 1.165) is 11.3 Å². The highest BCUT2D eigenvalue weighted by molar-refractivity contribution is 5.99. The first-order chi connectivity index (χ1) is 15.3. The van der Waals surface area contributed by atoms with Gasteiger partial charge in [-0.15, -0.1) is 0 Å². The molecule has 0 unspecified atom stereocenters.